The molecule has 0 spiro atoms. The average molecular weight is 329 g/mol. The van der Waals surface area contributed by atoms with E-state index in [2.05, 4.69) is 5.10 Å². The SMILES string of the molecule is Cn1cc([C@@H]2CN(C(=O)COCc3ccccc3)C[C@H]2CO)cn1. The van der Waals surface area contributed by atoms with Crippen molar-refractivity contribution in [3.8, 4) is 0 Å². The van der Waals surface area contributed by atoms with Gasteiger partial charge in [-0.25, -0.2) is 0 Å². The summed E-state index contributed by atoms with van der Waals surface area (Å²) in [4.78, 5) is 14.2. The Labute approximate surface area is 141 Å². The summed E-state index contributed by atoms with van der Waals surface area (Å²) in [5.74, 6) is 0.143. The molecule has 1 aromatic carbocycles. The Morgan fingerprint density at radius 2 is 2.12 bits per heavy atom. The van der Waals surface area contributed by atoms with Crippen molar-refractivity contribution in [2.75, 3.05) is 26.3 Å². The third-order valence-corrected chi connectivity index (χ3v) is 4.52. The van der Waals surface area contributed by atoms with Gasteiger partial charge < -0.3 is 14.7 Å². The molecule has 2 heterocycles. The van der Waals surface area contributed by atoms with Gasteiger partial charge in [-0.2, -0.15) is 5.10 Å². The van der Waals surface area contributed by atoms with Crippen LogP contribution in [0, 0.1) is 5.92 Å². The Bertz CT molecular complexity index is 671. The highest BCUT2D eigenvalue weighted by molar-refractivity contribution is 5.78. The summed E-state index contributed by atoms with van der Waals surface area (Å²) in [7, 11) is 1.87. The number of carbonyl (C=O) groups excluding carboxylic acids is 1. The number of ether oxygens (including phenoxy) is 1. The standard InChI is InChI=1S/C18H23N3O3/c1-20-8-15(7-19-20)17-10-21(9-16(17)11-22)18(23)13-24-12-14-5-3-2-4-6-14/h2-8,16-17,22H,9-13H2,1H3/t16-,17-/m0/s1. The van der Waals surface area contributed by atoms with Crippen LogP contribution in [-0.2, 0) is 23.2 Å². The number of carbonyl (C=O) groups is 1. The molecule has 0 bridgehead atoms. The summed E-state index contributed by atoms with van der Waals surface area (Å²) < 4.78 is 7.28. The number of likely N-dealkylation sites (tertiary alicyclic amines) is 1. The molecule has 128 valence electrons. The van der Waals surface area contributed by atoms with Gasteiger partial charge in [0.05, 0.1) is 12.8 Å². The summed E-state index contributed by atoms with van der Waals surface area (Å²) in [5, 5.41) is 13.8. The quantitative estimate of drug-likeness (QED) is 0.864. The van der Waals surface area contributed by atoms with Crippen molar-refractivity contribution in [2.24, 2.45) is 13.0 Å². The van der Waals surface area contributed by atoms with Crippen LogP contribution in [-0.4, -0.2) is 52.0 Å². The van der Waals surface area contributed by atoms with Gasteiger partial charge in [-0.05, 0) is 11.1 Å². The zero-order valence-electron chi connectivity index (χ0n) is 13.8. The van der Waals surface area contributed by atoms with E-state index in [-0.39, 0.29) is 31.0 Å². The lowest BCUT2D eigenvalue weighted by Gasteiger charge is -2.16. The number of nitrogens with zero attached hydrogens (tertiary/aromatic N) is 3. The van der Waals surface area contributed by atoms with Crippen molar-refractivity contribution in [3.05, 3.63) is 53.9 Å². The second-order valence-electron chi connectivity index (χ2n) is 6.27. The fraction of sp³-hybridized carbons (Fsp3) is 0.444. The van der Waals surface area contributed by atoms with Gasteiger partial charge in [0, 0.05) is 44.8 Å². The number of benzene rings is 1. The fourth-order valence-electron chi connectivity index (χ4n) is 3.19. The molecule has 1 N–H and O–H groups in total. The van der Waals surface area contributed by atoms with Crippen LogP contribution in [0.25, 0.3) is 0 Å². The van der Waals surface area contributed by atoms with E-state index in [0.717, 1.165) is 11.1 Å². The van der Waals surface area contributed by atoms with Crippen LogP contribution in [0.5, 0.6) is 0 Å². The Morgan fingerprint density at radius 3 is 2.79 bits per heavy atom. The predicted octanol–water partition coefficient (Wildman–Crippen LogP) is 1.17. The summed E-state index contributed by atoms with van der Waals surface area (Å²) in [5.41, 5.74) is 2.12. The van der Waals surface area contributed by atoms with E-state index in [0.29, 0.717) is 19.7 Å². The van der Waals surface area contributed by atoms with Crippen molar-refractivity contribution >= 4 is 5.91 Å². The van der Waals surface area contributed by atoms with Gasteiger partial charge in [0.25, 0.3) is 0 Å². The van der Waals surface area contributed by atoms with Crippen molar-refractivity contribution in [1.82, 2.24) is 14.7 Å². The normalized spacial score (nSPS) is 20.5. The van der Waals surface area contributed by atoms with E-state index in [9.17, 15) is 9.90 Å². The molecular weight excluding hydrogens is 306 g/mol. The zero-order chi connectivity index (χ0) is 16.9. The van der Waals surface area contributed by atoms with Gasteiger partial charge in [0.1, 0.15) is 6.61 Å². The lowest BCUT2D eigenvalue weighted by molar-refractivity contribution is -0.135. The monoisotopic (exact) mass is 329 g/mol. The molecule has 1 fully saturated rings. The Balaban J connectivity index is 1.54. The molecule has 1 aliphatic heterocycles. The molecule has 2 aromatic rings. The second kappa shape index (κ2) is 7.59. The third-order valence-electron chi connectivity index (χ3n) is 4.52. The number of amides is 1. The molecule has 1 aliphatic rings. The summed E-state index contributed by atoms with van der Waals surface area (Å²) in [6.07, 6.45) is 3.76. The number of aryl methyl sites for hydroxylation is 1. The van der Waals surface area contributed by atoms with Crippen LogP contribution in [0.1, 0.15) is 17.0 Å². The molecule has 0 aliphatic carbocycles. The van der Waals surface area contributed by atoms with E-state index in [1.54, 1.807) is 9.58 Å². The molecule has 1 saturated heterocycles. The smallest absolute Gasteiger partial charge is 0.248 e. The Kier molecular flexibility index (Phi) is 5.27. The highest BCUT2D eigenvalue weighted by atomic mass is 16.5. The summed E-state index contributed by atoms with van der Waals surface area (Å²) in [6.45, 7) is 1.71. The molecule has 0 unspecified atom stereocenters. The van der Waals surface area contributed by atoms with Crippen LogP contribution < -0.4 is 0 Å². The molecule has 1 aromatic heterocycles. The van der Waals surface area contributed by atoms with E-state index >= 15 is 0 Å². The molecule has 2 atom stereocenters. The molecular formula is C18H23N3O3. The number of aromatic nitrogens is 2. The van der Waals surface area contributed by atoms with Gasteiger partial charge in [-0.15, -0.1) is 0 Å². The zero-order valence-corrected chi connectivity index (χ0v) is 13.8. The minimum Gasteiger partial charge on any atom is -0.396 e. The fourth-order valence-corrected chi connectivity index (χ4v) is 3.19. The minimum absolute atomic E-state index is 0.0317. The molecule has 24 heavy (non-hydrogen) atoms. The Hall–Kier alpha value is -2.18. The van der Waals surface area contributed by atoms with E-state index in [1.807, 2.05) is 49.8 Å². The minimum atomic E-state index is -0.0317. The maximum atomic E-state index is 12.4. The number of hydrogen-bond acceptors (Lipinski definition) is 4. The lowest BCUT2D eigenvalue weighted by atomic mass is 9.92. The number of aliphatic hydroxyl groups excluding tert-OH is 1. The maximum Gasteiger partial charge on any atom is 0.248 e. The number of aliphatic hydroxyl groups is 1. The molecule has 1 amide bonds. The molecule has 6 nitrogen and oxygen atoms in total. The van der Waals surface area contributed by atoms with Gasteiger partial charge in [0.15, 0.2) is 0 Å². The number of hydrogen-bond donors (Lipinski definition) is 1. The van der Waals surface area contributed by atoms with Gasteiger partial charge >= 0.3 is 0 Å². The summed E-state index contributed by atoms with van der Waals surface area (Å²) in [6, 6.07) is 9.80. The predicted molar refractivity (Wildman–Crippen MR) is 89.2 cm³/mol. The van der Waals surface area contributed by atoms with Gasteiger partial charge in [0.2, 0.25) is 5.91 Å². The van der Waals surface area contributed by atoms with E-state index in [1.165, 1.54) is 0 Å². The lowest BCUT2D eigenvalue weighted by Crippen LogP contribution is -2.32. The van der Waals surface area contributed by atoms with Crippen molar-refractivity contribution in [3.63, 3.8) is 0 Å². The third kappa shape index (κ3) is 3.83. The van der Waals surface area contributed by atoms with Crippen LogP contribution >= 0.6 is 0 Å². The summed E-state index contributed by atoms with van der Waals surface area (Å²) >= 11 is 0. The van der Waals surface area contributed by atoms with E-state index in [4.69, 9.17) is 4.74 Å². The number of rotatable bonds is 6. The van der Waals surface area contributed by atoms with Crippen LogP contribution in [0.2, 0.25) is 0 Å². The van der Waals surface area contributed by atoms with Crippen molar-refractivity contribution in [1.29, 1.82) is 0 Å². The van der Waals surface area contributed by atoms with Gasteiger partial charge in [-0.3, -0.25) is 9.48 Å². The molecule has 6 heteroatoms. The van der Waals surface area contributed by atoms with E-state index < -0.39 is 0 Å². The molecule has 3 rings (SSSR count). The van der Waals surface area contributed by atoms with Gasteiger partial charge in [-0.1, -0.05) is 30.3 Å². The Morgan fingerprint density at radius 1 is 1.33 bits per heavy atom. The molecule has 0 saturated carbocycles. The van der Waals surface area contributed by atoms with Crippen molar-refractivity contribution < 1.29 is 14.6 Å². The highest BCUT2D eigenvalue weighted by Crippen LogP contribution is 2.32. The van der Waals surface area contributed by atoms with Crippen molar-refractivity contribution in [2.45, 2.75) is 12.5 Å². The maximum absolute atomic E-state index is 12.4. The molecule has 0 radical (unpaired) electrons. The first-order chi connectivity index (χ1) is 11.7. The topological polar surface area (TPSA) is 67.6 Å². The first-order valence-corrected chi connectivity index (χ1v) is 8.16. The second-order valence-corrected chi connectivity index (χ2v) is 6.27. The first kappa shape index (κ1) is 16.7. The van der Waals surface area contributed by atoms with Crippen LogP contribution in [0.15, 0.2) is 42.7 Å². The largest absolute Gasteiger partial charge is 0.396 e. The highest BCUT2D eigenvalue weighted by Gasteiger charge is 2.36. The first-order valence-electron chi connectivity index (χ1n) is 8.16. The average Bonchev–Trinajstić information content (AvgIpc) is 3.21. The van der Waals surface area contributed by atoms with Crippen LogP contribution in [0.3, 0.4) is 0 Å². The van der Waals surface area contributed by atoms with Crippen LogP contribution in [0.4, 0.5) is 0 Å².